The van der Waals surface area contributed by atoms with Crippen molar-refractivity contribution in [3.63, 3.8) is 0 Å². The van der Waals surface area contributed by atoms with E-state index in [1.54, 1.807) is 30.4 Å². The summed E-state index contributed by atoms with van der Waals surface area (Å²) in [4.78, 5) is 10.6. The summed E-state index contributed by atoms with van der Waals surface area (Å²) in [6, 6.07) is 5.32. The molecule has 0 radical (unpaired) electrons. The second-order valence-electron chi connectivity index (χ2n) is 4.62. The van der Waals surface area contributed by atoms with Gasteiger partial charge in [0.1, 0.15) is 10.0 Å². The lowest BCUT2D eigenvalue weighted by molar-refractivity contribution is -0.385. The quantitative estimate of drug-likeness (QED) is 0.677. The van der Waals surface area contributed by atoms with Crippen molar-refractivity contribution in [2.45, 2.75) is 33.4 Å². The van der Waals surface area contributed by atoms with Crippen LogP contribution in [0.4, 0.5) is 5.69 Å². The summed E-state index contributed by atoms with van der Waals surface area (Å²) >= 11 is 1.54. The minimum atomic E-state index is -0.348. The molecular formula is C13H16N4O2S. The zero-order valence-corrected chi connectivity index (χ0v) is 12.4. The van der Waals surface area contributed by atoms with Crippen molar-refractivity contribution in [1.29, 1.82) is 0 Å². The molecule has 2 aromatic rings. The van der Waals surface area contributed by atoms with E-state index in [0.29, 0.717) is 12.1 Å². The lowest BCUT2D eigenvalue weighted by Gasteiger charge is -2.13. The summed E-state index contributed by atoms with van der Waals surface area (Å²) in [5, 5.41) is 24.1. The Morgan fingerprint density at radius 3 is 2.75 bits per heavy atom. The number of hydrogen-bond donors (Lipinski definition) is 1. The topological polar surface area (TPSA) is 81.0 Å². The fourth-order valence-corrected chi connectivity index (χ4v) is 2.52. The summed E-state index contributed by atoms with van der Waals surface area (Å²) in [7, 11) is 0. The van der Waals surface area contributed by atoms with E-state index in [9.17, 15) is 10.1 Å². The second-order valence-corrected chi connectivity index (χ2v) is 5.89. The molecule has 0 fully saturated rings. The van der Waals surface area contributed by atoms with Gasteiger partial charge in [0.15, 0.2) is 0 Å². The van der Waals surface area contributed by atoms with Crippen LogP contribution in [0.5, 0.6) is 0 Å². The molecule has 1 atom stereocenters. The molecule has 6 nitrogen and oxygen atoms in total. The number of nitro benzene ring substituents is 1. The molecule has 106 valence electrons. The third-order valence-electron chi connectivity index (χ3n) is 3.06. The van der Waals surface area contributed by atoms with Gasteiger partial charge in [-0.25, -0.2) is 0 Å². The van der Waals surface area contributed by atoms with Gasteiger partial charge >= 0.3 is 0 Å². The molecule has 0 bridgehead atoms. The van der Waals surface area contributed by atoms with Crippen LogP contribution in [0.2, 0.25) is 0 Å². The van der Waals surface area contributed by atoms with Crippen molar-refractivity contribution in [2.75, 3.05) is 0 Å². The number of nitrogens with zero attached hydrogens (tertiary/aromatic N) is 3. The second kappa shape index (κ2) is 6.06. The molecular weight excluding hydrogens is 276 g/mol. The molecule has 0 amide bonds. The van der Waals surface area contributed by atoms with Gasteiger partial charge in [0.25, 0.3) is 5.69 Å². The largest absolute Gasteiger partial charge is 0.304 e. The van der Waals surface area contributed by atoms with Crippen molar-refractivity contribution >= 4 is 17.0 Å². The highest BCUT2D eigenvalue weighted by Gasteiger charge is 2.14. The maximum Gasteiger partial charge on any atom is 0.272 e. The Balaban J connectivity index is 2.07. The molecule has 0 aliphatic carbocycles. The smallest absolute Gasteiger partial charge is 0.272 e. The average molecular weight is 292 g/mol. The van der Waals surface area contributed by atoms with Gasteiger partial charge in [-0.2, -0.15) is 0 Å². The first-order valence-corrected chi connectivity index (χ1v) is 7.06. The van der Waals surface area contributed by atoms with E-state index in [2.05, 4.69) is 15.5 Å². The molecule has 1 aromatic carbocycles. The SMILES string of the molecule is Cc1nnc(CNC(C)c2ccc(C)c([N+](=O)[O-])c2)s1. The molecule has 1 unspecified atom stereocenters. The van der Waals surface area contributed by atoms with Crippen LogP contribution in [0.15, 0.2) is 18.2 Å². The summed E-state index contributed by atoms with van der Waals surface area (Å²) in [6.45, 7) is 6.23. The Bertz CT molecular complexity index is 627. The van der Waals surface area contributed by atoms with E-state index in [-0.39, 0.29) is 16.7 Å². The Kier molecular flexibility index (Phi) is 4.41. The molecule has 0 aliphatic rings. The van der Waals surface area contributed by atoms with Gasteiger partial charge in [-0.3, -0.25) is 10.1 Å². The molecule has 0 aliphatic heterocycles. The van der Waals surface area contributed by atoms with E-state index in [4.69, 9.17) is 0 Å². The van der Waals surface area contributed by atoms with Crippen LogP contribution in [-0.2, 0) is 6.54 Å². The van der Waals surface area contributed by atoms with Crippen LogP contribution in [0.25, 0.3) is 0 Å². The molecule has 1 N–H and O–H groups in total. The molecule has 1 aromatic heterocycles. The van der Waals surface area contributed by atoms with Gasteiger partial charge in [-0.15, -0.1) is 21.5 Å². The van der Waals surface area contributed by atoms with E-state index >= 15 is 0 Å². The van der Waals surface area contributed by atoms with Gasteiger partial charge < -0.3 is 5.32 Å². The summed E-state index contributed by atoms with van der Waals surface area (Å²) in [6.07, 6.45) is 0. The van der Waals surface area contributed by atoms with Gasteiger partial charge in [-0.05, 0) is 26.3 Å². The Morgan fingerprint density at radius 1 is 1.40 bits per heavy atom. The first kappa shape index (κ1) is 14.5. The Labute approximate surface area is 121 Å². The number of aryl methyl sites for hydroxylation is 2. The summed E-state index contributed by atoms with van der Waals surface area (Å²) < 4.78 is 0. The number of benzene rings is 1. The van der Waals surface area contributed by atoms with Gasteiger partial charge in [-0.1, -0.05) is 12.1 Å². The van der Waals surface area contributed by atoms with Gasteiger partial charge in [0.2, 0.25) is 0 Å². The minimum Gasteiger partial charge on any atom is -0.304 e. The van der Waals surface area contributed by atoms with E-state index < -0.39 is 0 Å². The molecule has 20 heavy (non-hydrogen) atoms. The van der Waals surface area contributed by atoms with E-state index in [0.717, 1.165) is 15.6 Å². The van der Waals surface area contributed by atoms with E-state index in [1.165, 1.54) is 0 Å². The first-order valence-electron chi connectivity index (χ1n) is 6.24. The van der Waals surface area contributed by atoms with Crippen molar-refractivity contribution in [3.05, 3.63) is 49.5 Å². The summed E-state index contributed by atoms with van der Waals surface area (Å²) in [5.74, 6) is 0. The van der Waals surface area contributed by atoms with Crippen molar-refractivity contribution in [1.82, 2.24) is 15.5 Å². The number of nitrogens with one attached hydrogen (secondary N) is 1. The zero-order valence-electron chi connectivity index (χ0n) is 11.6. The third kappa shape index (κ3) is 3.37. The molecule has 2 rings (SSSR count). The van der Waals surface area contributed by atoms with Crippen molar-refractivity contribution < 1.29 is 4.92 Å². The lowest BCUT2D eigenvalue weighted by atomic mass is 10.0. The van der Waals surface area contributed by atoms with Crippen LogP contribution in [0.3, 0.4) is 0 Å². The molecule has 7 heteroatoms. The van der Waals surface area contributed by atoms with Crippen LogP contribution in [-0.4, -0.2) is 15.1 Å². The zero-order chi connectivity index (χ0) is 14.7. The van der Waals surface area contributed by atoms with Crippen LogP contribution in [0, 0.1) is 24.0 Å². The monoisotopic (exact) mass is 292 g/mol. The first-order chi connectivity index (χ1) is 9.47. The number of nitro groups is 1. The maximum atomic E-state index is 10.9. The molecule has 0 saturated carbocycles. The number of rotatable bonds is 5. The summed E-state index contributed by atoms with van der Waals surface area (Å²) in [5.41, 5.74) is 1.72. The lowest BCUT2D eigenvalue weighted by Crippen LogP contribution is -2.18. The highest BCUT2D eigenvalue weighted by Crippen LogP contribution is 2.23. The highest BCUT2D eigenvalue weighted by molar-refractivity contribution is 7.11. The molecule has 1 heterocycles. The van der Waals surface area contributed by atoms with Crippen molar-refractivity contribution in [3.8, 4) is 0 Å². The molecule has 0 spiro atoms. The van der Waals surface area contributed by atoms with Gasteiger partial charge in [0, 0.05) is 17.7 Å². The predicted molar refractivity (Wildman–Crippen MR) is 77.7 cm³/mol. The maximum absolute atomic E-state index is 10.9. The van der Waals surface area contributed by atoms with Crippen LogP contribution < -0.4 is 5.32 Å². The minimum absolute atomic E-state index is 0.0125. The third-order valence-corrected chi connectivity index (χ3v) is 3.90. The normalized spacial score (nSPS) is 12.3. The standard InChI is InChI=1S/C13H16N4O2S/c1-8-4-5-11(6-12(8)17(18)19)9(2)14-7-13-16-15-10(3)20-13/h4-6,9,14H,7H2,1-3H3. The number of hydrogen-bond acceptors (Lipinski definition) is 6. The molecule has 0 saturated heterocycles. The van der Waals surface area contributed by atoms with Gasteiger partial charge in [0.05, 0.1) is 11.5 Å². The fraction of sp³-hybridized carbons (Fsp3) is 0.385. The Hall–Kier alpha value is -1.86. The van der Waals surface area contributed by atoms with Crippen LogP contribution in [0.1, 0.15) is 34.1 Å². The van der Waals surface area contributed by atoms with Crippen LogP contribution >= 0.6 is 11.3 Å². The predicted octanol–water partition coefficient (Wildman–Crippen LogP) is 2.91. The highest BCUT2D eigenvalue weighted by atomic mass is 32.1. The number of aromatic nitrogens is 2. The average Bonchev–Trinajstić information content (AvgIpc) is 2.82. The Morgan fingerprint density at radius 2 is 2.15 bits per heavy atom. The van der Waals surface area contributed by atoms with Crippen molar-refractivity contribution in [2.24, 2.45) is 0 Å². The van der Waals surface area contributed by atoms with E-state index in [1.807, 2.05) is 19.9 Å². The fourth-order valence-electron chi connectivity index (χ4n) is 1.86.